The van der Waals surface area contributed by atoms with Crippen LogP contribution in [-0.4, -0.2) is 50.1 Å². The van der Waals surface area contributed by atoms with Gasteiger partial charge in [-0.1, -0.05) is 90.7 Å². The van der Waals surface area contributed by atoms with Crippen molar-refractivity contribution in [3.8, 4) is 0 Å². The van der Waals surface area contributed by atoms with Gasteiger partial charge in [-0.15, -0.1) is 0 Å². The lowest BCUT2D eigenvalue weighted by atomic mass is 9.76. The summed E-state index contributed by atoms with van der Waals surface area (Å²) in [6.45, 7) is 7.68. The highest BCUT2D eigenvalue weighted by molar-refractivity contribution is 7.88. The average Bonchev–Trinajstić information content (AvgIpc) is 2.95. The molecule has 1 saturated carbocycles. The van der Waals surface area contributed by atoms with E-state index in [0.717, 1.165) is 30.2 Å². The molecule has 1 heterocycles. The summed E-state index contributed by atoms with van der Waals surface area (Å²) in [7, 11) is -3.58. The van der Waals surface area contributed by atoms with E-state index in [1.165, 1.54) is 0 Å². The number of allylic oxidation sites excluding steroid dienone is 4. The predicted octanol–water partition coefficient (Wildman–Crippen LogP) is 6.26. The van der Waals surface area contributed by atoms with Crippen LogP contribution in [0.4, 0.5) is 0 Å². The Morgan fingerprint density at radius 2 is 1.81 bits per heavy atom. The zero-order chi connectivity index (χ0) is 31.3. The van der Waals surface area contributed by atoms with E-state index in [9.17, 15) is 18.0 Å². The minimum atomic E-state index is -3.58. The lowest BCUT2D eigenvalue weighted by Crippen LogP contribution is -2.59. The second kappa shape index (κ2) is 14.2. The molecule has 0 bridgehead atoms. The molecule has 1 aliphatic heterocycles. The fraction of sp³-hybridized carbons (Fsp3) is 0.375. The molecule has 43 heavy (non-hydrogen) atoms. The number of rotatable bonds is 10. The van der Waals surface area contributed by atoms with Crippen LogP contribution in [0.2, 0.25) is 10.0 Å². The zero-order valence-electron chi connectivity index (χ0n) is 24.5. The minimum Gasteiger partial charge on any atom is -0.326 e. The highest BCUT2D eigenvalue weighted by atomic mass is 35.5. The molecule has 2 aromatic carbocycles. The van der Waals surface area contributed by atoms with Gasteiger partial charge in [0.05, 0.1) is 24.8 Å². The number of halogens is 2. The Kier molecular flexibility index (Phi) is 10.9. The third-order valence-corrected chi connectivity index (χ3v) is 9.11. The Morgan fingerprint density at radius 1 is 1.09 bits per heavy atom. The summed E-state index contributed by atoms with van der Waals surface area (Å²) >= 11 is 13.0. The maximum atomic E-state index is 14.3. The summed E-state index contributed by atoms with van der Waals surface area (Å²) in [5.74, 6) is -1.68. The van der Waals surface area contributed by atoms with E-state index in [-0.39, 0.29) is 12.5 Å². The number of hydrogen-bond acceptors (Lipinski definition) is 5. The predicted molar refractivity (Wildman–Crippen MR) is 170 cm³/mol. The van der Waals surface area contributed by atoms with Gasteiger partial charge < -0.3 is 4.90 Å². The number of carbonyl (C=O) groups is 2. The molecule has 1 unspecified atom stereocenters. The summed E-state index contributed by atoms with van der Waals surface area (Å²) in [4.78, 5) is 35.7. The van der Waals surface area contributed by atoms with Crippen molar-refractivity contribution in [2.45, 2.75) is 63.6 Å². The van der Waals surface area contributed by atoms with Crippen molar-refractivity contribution in [3.05, 3.63) is 105 Å². The highest BCUT2D eigenvalue weighted by Crippen LogP contribution is 2.47. The van der Waals surface area contributed by atoms with Gasteiger partial charge in [0, 0.05) is 27.7 Å². The Labute approximate surface area is 263 Å². The van der Waals surface area contributed by atoms with Gasteiger partial charge >= 0.3 is 0 Å². The number of hydroxylamine groups is 1. The van der Waals surface area contributed by atoms with E-state index in [2.05, 4.69) is 16.8 Å². The third-order valence-electron chi connectivity index (χ3n) is 7.82. The lowest BCUT2D eigenvalue weighted by molar-refractivity contribution is -0.136. The standard InChI is InChI=1S/C32H37Cl2N3O5S/c1-5-20(2)14-15-21(3)19-42-35-31(38)29-23-10-6-7-11-24(23)32(39)37(30(29)25-17-16-22(33)18-26(25)34)28-13-9-8-12-27(28)36-43(4,40)41/h5-7,10-11,14-18,27-30,36H,1,8-9,12-13,19H2,2-4H3,(H,35,38)/b20-14-,21-15+/t27-,28?,29+,30-/m0/s1. The van der Waals surface area contributed by atoms with Crippen molar-refractivity contribution in [2.75, 3.05) is 12.9 Å². The smallest absolute Gasteiger partial charge is 0.255 e. The summed E-state index contributed by atoms with van der Waals surface area (Å²) in [5, 5.41) is 0.699. The van der Waals surface area contributed by atoms with Crippen molar-refractivity contribution in [1.29, 1.82) is 0 Å². The number of amides is 2. The van der Waals surface area contributed by atoms with Gasteiger partial charge in [0.25, 0.3) is 11.8 Å². The molecule has 1 aliphatic carbocycles. The van der Waals surface area contributed by atoms with Crippen molar-refractivity contribution >= 4 is 45.0 Å². The summed E-state index contributed by atoms with van der Waals surface area (Å²) < 4.78 is 27.4. The number of nitrogens with one attached hydrogen (secondary N) is 2. The van der Waals surface area contributed by atoms with Gasteiger partial charge in [0.1, 0.15) is 0 Å². The van der Waals surface area contributed by atoms with Crippen LogP contribution in [0, 0.1) is 0 Å². The van der Waals surface area contributed by atoms with E-state index in [1.54, 1.807) is 53.4 Å². The van der Waals surface area contributed by atoms with Crippen molar-refractivity contribution in [1.82, 2.24) is 15.1 Å². The first kappa shape index (κ1) is 33.0. The van der Waals surface area contributed by atoms with Crippen LogP contribution in [0.15, 0.2) is 78.4 Å². The molecule has 2 aromatic rings. The van der Waals surface area contributed by atoms with Gasteiger partial charge in [-0.3, -0.25) is 14.4 Å². The highest BCUT2D eigenvalue weighted by Gasteiger charge is 2.49. The molecule has 2 amide bonds. The maximum Gasteiger partial charge on any atom is 0.255 e. The second-order valence-electron chi connectivity index (χ2n) is 11.1. The number of benzene rings is 2. The molecule has 230 valence electrons. The van der Waals surface area contributed by atoms with E-state index in [4.69, 9.17) is 28.0 Å². The van der Waals surface area contributed by atoms with Gasteiger partial charge in [-0.2, -0.15) is 0 Å². The van der Waals surface area contributed by atoms with Gasteiger partial charge in [0.15, 0.2) is 0 Å². The molecule has 1 fully saturated rings. The Bertz CT molecular complexity index is 1560. The fourth-order valence-corrected chi connectivity index (χ4v) is 7.15. The fourth-order valence-electron chi connectivity index (χ4n) is 5.80. The average molecular weight is 647 g/mol. The van der Waals surface area contributed by atoms with Crippen LogP contribution < -0.4 is 10.2 Å². The molecule has 8 nitrogen and oxygen atoms in total. The number of hydrogen-bond donors (Lipinski definition) is 2. The largest absolute Gasteiger partial charge is 0.326 e. The SMILES string of the molecule is C=C/C(C)=C\C=C(/C)CONC(=O)[C@@H]1c2ccccc2C(=O)N(C2CCCC[C@@H]2NS(C)(=O)=O)[C@H]1c1ccc(Cl)cc1Cl. The first-order chi connectivity index (χ1) is 20.4. The van der Waals surface area contributed by atoms with E-state index in [1.807, 2.05) is 26.0 Å². The van der Waals surface area contributed by atoms with E-state index in [0.29, 0.717) is 39.6 Å². The van der Waals surface area contributed by atoms with E-state index < -0.39 is 40.0 Å². The Morgan fingerprint density at radius 3 is 2.51 bits per heavy atom. The molecule has 4 atom stereocenters. The molecule has 0 aromatic heterocycles. The molecular weight excluding hydrogens is 609 g/mol. The normalized spacial score (nSPS) is 23.1. The summed E-state index contributed by atoms with van der Waals surface area (Å²) in [6.07, 6.45) is 9.34. The van der Waals surface area contributed by atoms with Crippen LogP contribution >= 0.6 is 23.2 Å². The number of carbonyl (C=O) groups excluding carboxylic acids is 2. The molecule has 0 radical (unpaired) electrons. The van der Waals surface area contributed by atoms with Gasteiger partial charge in [-0.05, 0) is 61.6 Å². The van der Waals surface area contributed by atoms with Crippen LogP contribution in [0.5, 0.6) is 0 Å². The van der Waals surface area contributed by atoms with Crippen LogP contribution in [0.25, 0.3) is 0 Å². The maximum absolute atomic E-state index is 14.3. The molecule has 2 N–H and O–H groups in total. The van der Waals surface area contributed by atoms with Crippen LogP contribution in [-0.2, 0) is 19.7 Å². The number of nitrogens with zero attached hydrogens (tertiary/aromatic N) is 1. The number of sulfonamides is 1. The monoisotopic (exact) mass is 645 g/mol. The first-order valence-corrected chi connectivity index (χ1v) is 16.8. The molecule has 2 aliphatic rings. The van der Waals surface area contributed by atoms with Crippen molar-refractivity contribution in [2.24, 2.45) is 0 Å². The molecule has 4 rings (SSSR count). The number of fused-ring (bicyclic) bond motifs is 1. The topological polar surface area (TPSA) is 105 Å². The molecule has 0 saturated heterocycles. The Balaban J connectivity index is 1.79. The molecule has 11 heteroatoms. The van der Waals surface area contributed by atoms with Crippen LogP contribution in [0.3, 0.4) is 0 Å². The first-order valence-electron chi connectivity index (χ1n) is 14.1. The summed E-state index contributed by atoms with van der Waals surface area (Å²) in [5.41, 5.74) is 5.89. The van der Waals surface area contributed by atoms with Crippen LogP contribution in [0.1, 0.15) is 73.0 Å². The van der Waals surface area contributed by atoms with Crippen molar-refractivity contribution in [3.63, 3.8) is 0 Å². The zero-order valence-corrected chi connectivity index (χ0v) is 26.8. The third kappa shape index (κ3) is 7.96. The summed E-state index contributed by atoms with van der Waals surface area (Å²) in [6, 6.07) is 10.0. The van der Waals surface area contributed by atoms with Gasteiger partial charge in [0.2, 0.25) is 10.0 Å². The van der Waals surface area contributed by atoms with Crippen molar-refractivity contribution < 1.29 is 22.8 Å². The minimum absolute atomic E-state index is 0.138. The second-order valence-corrected chi connectivity index (χ2v) is 13.7. The molecule has 0 spiro atoms. The van der Waals surface area contributed by atoms with E-state index >= 15 is 0 Å². The lowest BCUT2D eigenvalue weighted by Gasteiger charge is -2.49. The quantitative estimate of drug-likeness (QED) is 0.234. The van der Waals surface area contributed by atoms with Gasteiger partial charge in [-0.25, -0.2) is 18.6 Å². The Hall–Kier alpha value is -2.95. The molecular formula is C32H37Cl2N3O5S.